The zero-order chi connectivity index (χ0) is 28.6. The van der Waals surface area contributed by atoms with Gasteiger partial charge in [-0.2, -0.15) is 4.98 Å². The SMILES string of the molecule is Cc1nc2c3c(nc(Cl)c(F)c3c1/C=N/[S+]([O-])C(C)(C)C)O[C@@H](C)[C@@H]1[C@@H]3CC[C@H](CN21)N3C(=O)OC(C)(C)C. The lowest BCUT2D eigenvalue weighted by Gasteiger charge is -2.48. The third kappa shape index (κ3) is 4.91. The standard InChI is InChI=1S/C27H35ClFN5O4S/c1-13-16(11-30-39(36)27(6,7)8)18-19-23(31-13)33-12-15-9-10-17(34(15)25(35)38-26(3,4)5)21(33)14(2)37-24(19)32-22(28)20(18)29/h11,14-15,17,21H,9-10,12H2,1-8H3/b30-11+/t14-,15+,17-,21+,39?/m0/s1. The molecule has 0 saturated carbocycles. The van der Waals surface area contributed by atoms with E-state index in [0.717, 1.165) is 12.8 Å². The quantitative estimate of drug-likeness (QED) is 0.268. The molecule has 0 spiro atoms. The maximum absolute atomic E-state index is 15.8. The summed E-state index contributed by atoms with van der Waals surface area (Å²) in [6, 6.07) is -0.543. The Morgan fingerprint density at radius 3 is 2.56 bits per heavy atom. The predicted octanol–water partition coefficient (Wildman–Crippen LogP) is 5.35. The van der Waals surface area contributed by atoms with E-state index in [0.29, 0.717) is 29.0 Å². The predicted molar refractivity (Wildman–Crippen MR) is 151 cm³/mol. The van der Waals surface area contributed by atoms with E-state index in [1.807, 2.05) is 53.4 Å². The number of hydrogen-bond acceptors (Lipinski definition) is 8. The topological polar surface area (TPSA) is 103 Å². The van der Waals surface area contributed by atoms with Crippen LogP contribution in [0.4, 0.5) is 15.0 Å². The fraction of sp³-hybridized carbons (Fsp3) is 0.630. The number of aromatic nitrogens is 2. The molecule has 2 saturated heterocycles. The maximum Gasteiger partial charge on any atom is 0.410 e. The molecule has 0 radical (unpaired) electrons. The molecule has 5 heterocycles. The van der Waals surface area contributed by atoms with Crippen LogP contribution in [0.15, 0.2) is 4.40 Å². The number of halogens is 2. The van der Waals surface area contributed by atoms with Crippen molar-refractivity contribution in [3.05, 3.63) is 22.2 Å². The highest BCUT2D eigenvalue weighted by Crippen LogP contribution is 2.46. The van der Waals surface area contributed by atoms with Crippen LogP contribution in [0.5, 0.6) is 5.88 Å². The minimum Gasteiger partial charge on any atom is -0.591 e. The van der Waals surface area contributed by atoms with E-state index in [1.54, 1.807) is 6.92 Å². The number of aryl methyl sites for hydroxylation is 1. The highest BCUT2D eigenvalue weighted by Gasteiger charge is 2.53. The molecule has 5 atom stereocenters. The Balaban J connectivity index is 1.65. The van der Waals surface area contributed by atoms with Gasteiger partial charge in [0.05, 0.1) is 29.7 Å². The number of nitrogens with zero attached hydrogens (tertiary/aromatic N) is 5. The van der Waals surface area contributed by atoms with Crippen LogP contribution in [0.25, 0.3) is 10.8 Å². The van der Waals surface area contributed by atoms with E-state index in [2.05, 4.69) is 14.3 Å². The van der Waals surface area contributed by atoms with E-state index in [4.69, 9.17) is 26.1 Å². The van der Waals surface area contributed by atoms with Crippen LogP contribution in [0, 0.1) is 12.7 Å². The number of pyridine rings is 2. The van der Waals surface area contributed by atoms with Gasteiger partial charge in [0.2, 0.25) is 5.88 Å². The van der Waals surface area contributed by atoms with Crippen molar-refractivity contribution in [2.24, 2.45) is 4.40 Å². The molecule has 0 aromatic carbocycles. The molecule has 5 rings (SSSR count). The summed E-state index contributed by atoms with van der Waals surface area (Å²) >= 11 is 4.72. The first-order valence-corrected chi connectivity index (χ1v) is 14.7. The molecule has 3 aliphatic heterocycles. The molecule has 9 nitrogen and oxygen atoms in total. The van der Waals surface area contributed by atoms with E-state index in [9.17, 15) is 9.35 Å². The summed E-state index contributed by atoms with van der Waals surface area (Å²) in [6.45, 7) is 15.2. The first kappa shape index (κ1) is 28.2. The Morgan fingerprint density at radius 2 is 1.92 bits per heavy atom. The number of amides is 1. The average molecular weight is 580 g/mol. The third-order valence-electron chi connectivity index (χ3n) is 7.38. The van der Waals surface area contributed by atoms with Crippen molar-refractivity contribution in [1.29, 1.82) is 0 Å². The van der Waals surface area contributed by atoms with Crippen LogP contribution in [0.3, 0.4) is 0 Å². The largest absolute Gasteiger partial charge is 0.591 e. The Hall–Kier alpha value is -2.37. The summed E-state index contributed by atoms with van der Waals surface area (Å²) in [5.74, 6) is -0.00735. The Bertz CT molecular complexity index is 1360. The number of anilines is 1. The number of piperazine rings is 1. The van der Waals surface area contributed by atoms with Crippen LogP contribution in [-0.4, -0.2) is 72.9 Å². The third-order valence-corrected chi connectivity index (χ3v) is 8.98. The molecule has 212 valence electrons. The van der Waals surface area contributed by atoms with Gasteiger partial charge in [-0.1, -0.05) is 16.0 Å². The average Bonchev–Trinajstić information content (AvgIpc) is 3.06. The van der Waals surface area contributed by atoms with Crippen molar-refractivity contribution in [2.75, 3.05) is 11.4 Å². The highest BCUT2D eigenvalue weighted by atomic mass is 35.5. The number of carbonyl (C=O) groups excluding carboxylic acids is 1. The van der Waals surface area contributed by atoms with Gasteiger partial charge in [-0.15, -0.1) is 0 Å². The first-order chi connectivity index (χ1) is 18.1. The number of fused-ring (bicyclic) bond motifs is 5. The minimum absolute atomic E-state index is 0.0902. The molecule has 2 aromatic heterocycles. The van der Waals surface area contributed by atoms with Crippen LogP contribution in [-0.2, 0) is 16.1 Å². The second kappa shape index (κ2) is 9.62. The van der Waals surface area contributed by atoms with Gasteiger partial charge in [0, 0.05) is 23.2 Å². The second-order valence-corrected chi connectivity index (χ2v) is 14.7. The van der Waals surface area contributed by atoms with Gasteiger partial charge in [-0.3, -0.25) is 4.90 Å². The fourth-order valence-electron chi connectivity index (χ4n) is 5.76. The molecule has 1 unspecified atom stereocenters. The van der Waals surface area contributed by atoms with Gasteiger partial charge < -0.3 is 18.9 Å². The van der Waals surface area contributed by atoms with Crippen LogP contribution in [0.2, 0.25) is 5.15 Å². The smallest absolute Gasteiger partial charge is 0.410 e. The molecule has 3 aliphatic rings. The number of ether oxygens (including phenoxy) is 2. The summed E-state index contributed by atoms with van der Waals surface area (Å²) in [6.07, 6.45) is 2.24. The minimum atomic E-state index is -1.55. The van der Waals surface area contributed by atoms with Crippen molar-refractivity contribution >= 4 is 51.9 Å². The van der Waals surface area contributed by atoms with Gasteiger partial charge in [0.1, 0.15) is 33.6 Å². The van der Waals surface area contributed by atoms with Crippen LogP contribution in [0.1, 0.15) is 72.6 Å². The van der Waals surface area contributed by atoms with Gasteiger partial charge in [0.25, 0.3) is 0 Å². The van der Waals surface area contributed by atoms with Crippen molar-refractivity contribution < 1.29 is 23.2 Å². The van der Waals surface area contributed by atoms with Gasteiger partial charge in [-0.05, 0) is 68.2 Å². The lowest BCUT2D eigenvalue weighted by molar-refractivity contribution is 0.000953. The molecule has 0 aliphatic carbocycles. The second-order valence-electron chi connectivity index (χ2n) is 12.5. The normalized spacial score (nSPS) is 25.5. The molecule has 2 bridgehead atoms. The Kier molecular flexibility index (Phi) is 6.95. The van der Waals surface area contributed by atoms with Crippen LogP contribution >= 0.6 is 11.6 Å². The maximum atomic E-state index is 15.8. The lowest BCUT2D eigenvalue weighted by atomic mass is 9.97. The highest BCUT2D eigenvalue weighted by molar-refractivity contribution is 7.91. The van der Waals surface area contributed by atoms with E-state index >= 15 is 4.39 Å². The molecule has 2 aromatic rings. The molecule has 39 heavy (non-hydrogen) atoms. The number of hydrogen-bond donors (Lipinski definition) is 0. The summed E-state index contributed by atoms with van der Waals surface area (Å²) in [4.78, 5) is 26.4. The van der Waals surface area contributed by atoms with Gasteiger partial charge in [0.15, 0.2) is 11.0 Å². The van der Waals surface area contributed by atoms with Gasteiger partial charge >= 0.3 is 6.09 Å². The zero-order valence-electron chi connectivity index (χ0n) is 23.5. The molecule has 2 fully saturated rings. The summed E-state index contributed by atoms with van der Waals surface area (Å²) in [7, 11) is 0. The molecular formula is C27H35ClFN5O4S. The van der Waals surface area contributed by atoms with E-state index in [-0.39, 0.29) is 40.6 Å². The first-order valence-electron chi connectivity index (χ1n) is 13.2. The lowest BCUT2D eigenvalue weighted by Crippen LogP contribution is -2.65. The fourth-order valence-corrected chi connectivity index (χ4v) is 6.45. The zero-order valence-corrected chi connectivity index (χ0v) is 25.1. The molecule has 0 N–H and O–H groups in total. The van der Waals surface area contributed by atoms with Crippen molar-refractivity contribution in [3.8, 4) is 5.88 Å². The molecule has 1 amide bonds. The van der Waals surface area contributed by atoms with E-state index in [1.165, 1.54) is 6.21 Å². The van der Waals surface area contributed by atoms with Crippen molar-refractivity contribution in [2.45, 2.75) is 103 Å². The van der Waals surface area contributed by atoms with E-state index < -0.39 is 33.6 Å². The number of carbonyl (C=O) groups is 1. The summed E-state index contributed by atoms with van der Waals surface area (Å²) in [5, 5.41) is 0.242. The van der Waals surface area contributed by atoms with Gasteiger partial charge in [-0.25, -0.2) is 14.2 Å². The summed E-state index contributed by atoms with van der Waals surface area (Å²) in [5.41, 5.74) is 0.265. The Morgan fingerprint density at radius 1 is 1.23 bits per heavy atom. The Labute approximate surface area is 236 Å². The van der Waals surface area contributed by atoms with Crippen molar-refractivity contribution in [1.82, 2.24) is 14.9 Å². The van der Waals surface area contributed by atoms with Crippen LogP contribution < -0.4 is 9.64 Å². The monoisotopic (exact) mass is 579 g/mol. The molecule has 12 heteroatoms. The molecular weight excluding hydrogens is 545 g/mol. The number of rotatable bonds is 2. The van der Waals surface area contributed by atoms with Crippen molar-refractivity contribution in [3.63, 3.8) is 0 Å². The summed E-state index contributed by atoms with van der Waals surface area (Å²) < 4.78 is 44.2.